The Hall–Kier alpha value is -2.31. The fourth-order valence-electron chi connectivity index (χ4n) is 2.42. The van der Waals surface area contributed by atoms with Crippen LogP contribution in [-0.2, 0) is 11.3 Å². The number of hydrogen-bond acceptors (Lipinski definition) is 5. The van der Waals surface area contributed by atoms with E-state index in [-0.39, 0.29) is 24.2 Å². The van der Waals surface area contributed by atoms with E-state index in [0.29, 0.717) is 30.5 Å². The van der Waals surface area contributed by atoms with Crippen molar-refractivity contribution in [3.05, 3.63) is 48.2 Å². The second kappa shape index (κ2) is 9.99. The molecule has 0 aliphatic carbocycles. The standard InChI is InChI=1S/C19H23N3O3.ClH/c1-2-10-24-16-7-3-4-8-17(16)25-19-14(6-5-9-21-19)13-22-18(23)15-11-20-12-15;/h3-9,15,20H,2,10-13H2,1H3,(H,22,23);1H. The van der Waals surface area contributed by atoms with E-state index in [9.17, 15) is 4.79 Å². The van der Waals surface area contributed by atoms with Gasteiger partial charge in [-0.3, -0.25) is 4.79 Å². The number of ether oxygens (including phenoxy) is 2. The fourth-order valence-corrected chi connectivity index (χ4v) is 2.42. The molecule has 0 radical (unpaired) electrons. The number of amides is 1. The highest BCUT2D eigenvalue weighted by Gasteiger charge is 2.24. The van der Waals surface area contributed by atoms with Crippen molar-refractivity contribution >= 4 is 18.3 Å². The van der Waals surface area contributed by atoms with E-state index in [1.807, 2.05) is 36.4 Å². The number of halogens is 1. The molecular formula is C19H24ClN3O3. The number of pyridine rings is 1. The van der Waals surface area contributed by atoms with Gasteiger partial charge in [0, 0.05) is 31.4 Å². The molecule has 1 aliphatic heterocycles. The van der Waals surface area contributed by atoms with Crippen LogP contribution in [-0.4, -0.2) is 30.6 Å². The molecule has 1 fully saturated rings. The van der Waals surface area contributed by atoms with Crippen molar-refractivity contribution in [2.24, 2.45) is 5.92 Å². The molecule has 0 unspecified atom stereocenters. The first-order chi connectivity index (χ1) is 12.3. The van der Waals surface area contributed by atoms with Crippen LogP contribution >= 0.6 is 12.4 Å². The Morgan fingerprint density at radius 3 is 2.69 bits per heavy atom. The van der Waals surface area contributed by atoms with Gasteiger partial charge in [0.25, 0.3) is 0 Å². The zero-order valence-electron chi connectivity index (χ0n) is 14.7. The van der Waals surface area contributed by atoms with Crippen LogP contribution in [0.4, 0.5) is 0 Å². The first-order valence-electron chi connectivity index (χ1n) is 8.60. The van der Waals surface area contributed by atoms with E-state index >= 15 is 0 Å². The number of carbonyl (C=O) groups excluding carboxylic acids is 1. The summed E-state index contributed by atoms with van der Waals surface area (Å²) in [7, 11) is 0. The van der Waals surface area contributed by atoms with Gasteiger partial charge in [0.2, 0.25) is 11.8 Å². The van der Waals surface area contributed by atoms with Crippen molar-refractivity contribution in [3.63, 3.8) is 0 Å². The van der Waals surface area contributed by atoms with Gasteiger partial charge in [-0.05, 0) is 24.6 Å². The fraction of sp³-hybridized carbons (Fsp3) is 0.368. The number of hydrogen-bond donors (Lipinski definition) is 2. The predicted octanol–water partition coefficient (Wildman–Crippen LogP) is 2.92. The second-order valence-electron chi connectivity index (χ2n) is 5.94. The first kappa shape index (κ1) is 20.0. The number of carbonyl (C=O) groups is 1. The molecule has 26 heavy (non-hydrogen) atoms. The van der Waals surface area contributed by atoms with Crippen LogP contribution in [0.15, 0.2) is 42.6 Å². The van der Waals surface area contributed by atoms with Gasteiger partial charge in [-0.2, -0.15) is 0 Å². The summed E-state index contributed by atoms with van der Waals surface area (Å²) in [6, 6.07) is 11.3. The van der Waals surface area contributed by atoms with Gasteiger partial charge in [-0.1, -0.05) is 25.1 Å². The molecule has 3 rings (SSSR count). The highest BCUT2D eigenvalue weighted by atomic mass is 35.5. The summed E-state index contributed by atoms with van der Waals surface area (Å²) in [6.07, 6.45) is 2.59. The first-order valence-corrected chi connectivity index (χ1v) is 8.60. The van der Waals surface area contributed by atoms with Crippen molar-refractivity contribution in [3.8, 4) is 17.4 Å². The number of aromatic nitrogens is 1. The molecule has 2 N–H and O–H groups in total. The normalized spacial score (nSPS) is 13.3. The summed E-state index contributed by atoms with van der Waals surface area (Å²) in [4.78, 5) is 16.3. The average Bonchev–Trinajstić information content (AvgIpc) is 2.59. The SMILES string of the molecule is CCCOc1ccccc1Oc1ncccc1CNC(=O)C1CNC1.Cl. The van der Waals surface area contributed by atoms with Gasteiger partial charge >= 0.3 is 0 Å². The quantitative estimate of drug-likeness (QED) is 0.740. The Kier molecular flexibility index (Phi) is 7.69. The van der Waals surface area contributed by atoms with Crippen molar-refractivity contribution in [1.82, 2.24) is 15.6 Å². The summed E-state index contributed by atoms with van der Waals surface area (Å²) in [5.74, 6) is 1.89. The minimum atomic E-state index is 0. The maximum Gasteiger partial charge on any atom is 0.225 e. The monoisotopic (exact) mass is 377 g/mol. The molecule has 1 aromatic heterocycles. The lowest BCUT2D eigenvalue weighted by Crippen LogP contribution is -2.50. The minimum Gasteiger partial charge on any atom is -0.490 e. The smallest absolute Gasteiger partial charge is 0.225 e. The van der Waals surface area contributed by atoms with Gasteiger partial charge in [0.1, 0.15) is 0 Å². The van der Waals surface area contributed by atoms with E-state index in [1.54, 1.807) is 6.20 Å². The number of benzene rings is 1. The van der Waals surface area contributed by atoms with Crippen LogP contribution in [0.3, 0.4) is 0 Å². The highest BCUT2D eigenvalue weighted by Crippen LogP contribution is 2.31. The van der Waals surface area contributed by atoms with Crippen LogP contribution in [0.5, 0.6) is 17.4 Å². The number of nitrogens with zero attached hydrogens (tertiary/aromatic N) is 1. The van der Waals surface area contributed by atoms with Crippen molar-refractivity contribution < 1.29 is 14.3 Å². The van der Waals surface area contributed by atoms with Crippen LogP contribution < -0.4 is 20.1 Å². The topological polar surface area (TPSA) is 72.5 Å². The van der Waals surface area contributed by atoms with Crippen LogP contribution in [0.1, 0.15) is 18.9 Å². The molecule has 140 valence electrons. The van der Waals surface area contributed by atoms with Gasteiger partial charge < -0.3 is 20.1 Å². The molecule has 1 aliphatic rings. The maximum atomic E-state index is 12.0. The molecule has 1 amide bonds. The summed E-state index contributed by atoms with van der Waals surface area (Å²) < 4.78 is 11.7. The van der Waals surface area contributed by atoms with E-state index in [2.05, 4.69) is 22.5 Å². The molecule has 0 spiro atoms. The second-order valence-corrected chi connectivity index (χ2v) is 5.94. The van der Waals surface area contributed by atoms with E-state index in [1.165, 1.54) is 0 Å². The van der Waals surface area contributed by atoms with Crippen molar-refractivity contribution in [1.29, 1.82) is 0 Å². The molecular weight excluding hydrogens is 354 g/mol. The molecule has 1 aromatic carbocycles. The Balaban J connectivity index is 0.00000243. The van der Waals surface area contributed by atoms with E-state index < -0.39 is 0 Å². The van der Waals surface area contributed by atoms with E-state index in [4.69, 9.17) is 9.47 Å². The third kappa shape index (κ3) is 5.09. The Morgan fingerprint density at radius 1 is 1.23 bits per heavy atom. The van der Waals surface area contributed by atoms with Gasteiger partial charge in [-0.25, -0.2) is 4.98 Å². The van der Waals surface area contributed by atoms with Gasteiger partial charge in [-0.15, -0.1) is 12.4 Å². The molecule has 0 saturated carbocycles. The predicted molar refractivity (Wildman–Crippen MR) is 102 cm³/mol. The summed E-state index contributed by atoms with van der Waals surface area (Å²) in [6.45, 7) is 4.55. The summed E-state index contributed by atoms with van der Waals surface area (Å²) in [5.41, 5.74) is 0.827. The van der Waals surface area contributed by atoms with E-state index in [0.717, 1.165) is 25.1 Å². The largest absolute Gasteiger partial charge is 0.490 e. The minimum absolute atomic E-state index is 0. The highest BCUT2D eigenvalue weighted by molar-refractivity contribution is 5.85. The zero-order valence-corrected chi connectivity index (χ0v) is 15.6. The molecule has 0 bridgehead atoms. The van der Waals surface area contributed by atoms with Crippen molar-refractivity contribution in [2.75, 3.05) is 19.7 Å². The molecule has 7 heteroatoms. The van der Waals surface area contributed by atoms with Crippen LogP contribution in [0.2, 0.25) is 0 Å². The lowest BCUT2D eigenvalue weighted by molar-refractivity contribution is -0.126. The van der Waals surface area contributed by atoms with Crippen LogP contribution in [0.25, 0.3) is 0 Å². The van der Waals surface area contributed by atoms with Gasteiger partial charge in [0.15, 0.2) is 11.5 Å². The lowest BCUT2D eigenvalue weighted by Gasteiger charge is -2.25. The van der Waals surface area contributed by atoms with Crippen molar-refractivity contribution in [2.45, 2.75) is 19.9 Å². The number of nitrogens with one attached hydrogen (secondary N) is 2. The molecule has 2 heterocycles. The third-order valence-corrected chi connectivity index (χ3v) is 3.97. The van der Waals surface area contributed by atoms with Crippen LogP contribution in [0, 0.1) is 5.92 Å². The summed E-state index contributed by atoms with van der Waals surface area (Å²) >= 11 is 0. The molecule has 2 aromatic rings. The zero-order chi connectivity index (χ0) is 17.5. The lowest BCUT2D eigenvalue weighted by atomic mass is 10.0. The number of rotatable bonds is 8. The molecule has 6 nitrogen and oxygen atoms in total. The Bertz CT molecular complexity index is 723. The summed E-state index contributed by atoms with van der Waals surface area (Å²) in [5, 5.41) is 6.04. The van der Waals surface area contributed by atoms with Gasteiger partial charge in [0.05, 0.1) is 12.5 Å². The Morgan fingerprint density at radius 2 is 2.00 bits per heavy atom. The average molecular weight is 378 g/mol. The maximum absolute atomic E-state index is 12.0. The molecule has 1 saturated heterocycles. The third-order valence-electron chi connectivity index (χ3n) is 3.97. The molecule has 0 atom stereocenters. The number of para-hydroxylation sites is 2. The Labute approximate surface area is 159 Å².